The van der Waals surface area contributed by atoms with Crippen LogP contribution in [0.4, 0.5) is 0 Å². The van der Waals surface area contributed by atoms with E-state index in [2.05, 4.69) is 38.2 Å². The Morgan fingerprint density at radius 1 is 1.32 bits per heavy atom. The second kappa shape index (κ2) is 8.23. The maximum atomic E-state index is 5.23. The molecule has 0 bridgehead atoms. The van der Waals surface area contributed by atoms with Gasteiger partial charge in [0.15, 0.2) is 0 Å². The smallest absolute Gasteiger partial charge is 0.0462 e. The molecule has 19 heavy (non-hydrogen) atoms. The van der Waals surface area contributed by atoms with Gasteiger partial charge in [-0.15, -0.1) is 0 Å². The van der Waals surface area contributed by atoms with Gasteiger partial charge in [0.2, 0.25) is 0 Å². The predicted octanol–water partition coefficient (Wildman–Crippen LogP) is 2.90. The predicted molar refractivity (Wildman–Crippen MR) is 82.6 cm³/mol. The van der Waals surface area contributed by atoms with Crippen molar-refractivity contribution in [3.63, 3.8) is 0 Å². The molecule has 3 heteroatoms. The number of hydrogen-bond donors (Lipinski definition) is 1. The summed E-state index contributed by atoms with van der Waals surface area (Å²) in [6.07, 6.45) is 7.75. The van der Waals surface area contributed by atoms with Gasteiger partial charge in [-0.3, -0.25) is 0 Å². The second-order valence-corrected chi connectivity index (χ2v) is 6.43. The molecule has 1 N–H and O–H groups in total. The Labute approximate surface area is 120 Å². The van der Waals surface area contributed by atoms with E-state index in [1.54, 1.807) is 7.11 Å². The van der Waals surface area contributed by atoms with Crippen LogP contribution in [0.15, 0.2) is 0 Å². The highest BCUT2D eigenvalue weighted by Crippen LogP contribution is 2.39. The molecule has 1 rings (SSSR count). The summed E-state index contributed by atoms with van der Waals surface area (Å²) in [6, 6.07) is 0.593. The van der Waals surface area contributed by atoms with Gasteiger partial charge in [0.25, 0.3) is 0 Å². The van der Waals surface area contributed by atoms with Crippen molar-refractivity contribution < 1.29 is 4.74 Å². The average molecular weight is 270 g/mol. The zero-order valence-electron chi connectivity index (χ0n) is 13.7. The second-order valence-electron chi connectivity index (χ2n) is 6.43. The Bertz CT molecular complexity index is 235. The molecule has 1 atom stereocenters. The fraction of sp³-hybridized carbons (Fsp3) is 1.00. The van der Waals surface area contributed by atoms with Crippen LogP contribution in [0.5, 0.6) is 0 Å². The summed E-state index contributed by atoms with van der Waals surface area (Å²) < 4.78 is 5.23. The molecule has 1 unspecified atom stereocenters. The fourth-order valence-electron chi connectivity index (χ4n) is 3.61. The van der Waals surface area contributed by atoms with Crippen LogP contribution in [0.25, 0.3) is 0 Å². The Balaban J connectivity index is 2.73. The normalized spacial score (nSPS) is 29.7. The average Bonchev–Trinajstić information content (AvgIpc) is 2.39. The Kier molecular flexibility index (Phi) is 7.33. The van der Waals surface area contributed by atoms with E-state index in [-0.39, 0.29) is 0 Å². The number of methoxy groups -OCH3 is 1. The van der Waals surface area contributed by atoms with Gasteiger partial charge in [0.1, 0.15) is 0 Å². The Morgan fingerprint density at radius 2 is 1.95 bits per heavy atom. The van der Waals surface area contributed by atoms with Crippen LogP contribution in [0.2, 0.25) is 0 Å². The molecule has 1 fully saturated rings. The summed E-state index contributed by atoms with van der Waals surface area (Å²) in [4.78, 5) is 2.49. The highest BCUT2D eigenvalue weighted by atomic mass is 16.5. The third-order valence-corrected chi connectivity index (χ3v) is 4.97. The summed E-state index contributed by atoms with van der Waals surface area (Å²) in [5.41, 5.74) is 0.344. The first kappa shape index (κ1) is 16.9. The van der Waals surface area contributed by atoms with Crippen molar-refractivity contribution in [3.05, 3.63) is 0 Å². The van der Waals surface area contributed by atoms with Gasteiger partial charge in [0, 0.05) is 25.3 Å². The van der Waals surface area contributed by atoms with Crippen LogP contribution in [-0.2, 0) is 4.74 Å². The lowest BCUT2D eigenvalue weighted by atomic mass is 9.71. The van der Waals surface area contributed by atoms with Crippen molar-refractivity contribution in [1.82, 2.24) is 10.2 Å². The minimum Gasteiger partial charge on any atom is -0.385 e. The van der Waals surface area contributed by atoms with Crippen LogP contribution >= 0.6 is 0 Å². The summed E-state index contributed by atoms with van der Waals surface area (Å²) in [5.74, 6) is 0.898. The molecule has 3 nitrogen and oxygen atoms in total. The van der Waals surface area contributed by atoms with Gasteiger partial charge in [0.05, 0.1) is 0 Å². The lowest BCUT2D eigenvalue weighted by Gasteiger charge is -2.50. The Hall–Kier alpha value is -0.120. The van der Waals surface area contributed by atoms with E-state index < -0.39 is 0 Å². The molecule has 0 spiro atoms. The van der Waals surface area contributed by atoms with Gasteiger partial charge in [-0.2, -0.15) is 0 Å². The van der Waals surface area contributed by atoms with Crippen LogP contribution < -0.4 is 5.32 Å². The van der Waals surface area contributed by atoms with Crippen molar-refractivity contribution in [3.8, 4) is 0 Å². The molecule has 0 aliphatic heterocycles. The molecule has 0 heterocycles. The summed E-state index contributed by atoms with van der Waals surface area (Å²) in [6.45, 7) is 6.55. The third-order valence-electron chi connectivity index (χ3n) is 4.97. The monoisotopic (exact) mass is 270 g/mol. The maximum absolute atomic E-state index is 5.23. The standard InChI is InChI=1S/C16H34N2O/c1-6-17-15(8-7-13-19-5)16(18(3)4)11-9-14(2)10-12-16/h14-15,17H,6-13H2,1-5H3. The number of nitrogens with one attached hydrogen (secondary N) is 1. The topological polar surface area (TPSA) is 24.5 Å². The molecule has 1 aliphatic rings. The maximum Gasteiger partial charge on any atom is 0.0462 e. The lowest BCUT2D eigenvalue weighted by Crippen LogP contribution is -2.60. The van der Waals surface area contributed by atoms with E-state index in [0.29, 0.717) is 11.6 Å². The van der Waals surface area contributed by atoms with Crippen LogP contribution in [0, 0.1) is 5.92 Å². The van der Waals surface area contributed by atoms with Gasteiger partial charge in [-0.05, 0) is 65.1 Å². The number of hydrogen-bond acceptors (Lipinski definition) is 3. The zero-order chi connectivity index (χ0) is 14.3. The highest BCUT2D eigenvalue weighted by molar-refractivity contribution is 5.01. The molecule has 0 amide bonds. The van der Waals surface area contributed by atoms with Gasteiger partial charge in [-0.25, -0.2) is 0 Å². The Morgan fingerprint density at radius 3 is 2.42 bits per heavy atom. The number of rotatable bonds is 8. The van der Waals surface area contributed by atoms with Gasteiger partial charge < -0.3 is 15.0 Å². The molecule has 0 radical (unpaired) electrons. The lowest BCUT2D eigenvalue weighted by molar-refractivity contribution is 0.0375. The first-order valence-corrected chi connectivity index (χ1v) is 7.96. The van der Waals surface area contributed by atoms with E-state index in [1.165, 1.54) is 32.1 Å². The van der Waals surface area contributed by atoms with Crippen molar-refractivity contribution in [2.24, 2.45) is 5.92 Å². The molecular weight excluding hydrogens is 236 g/mol. The van der Waals surface area contributed by atoms with E-state index in [4.69, 9.17) is 4.74 Å². The minimum absolute atomic E-state index is 0.344. The van der Waals surface area contributed by atoms with Crippen LogP contribution in [0.1, 0.15) is 52.4 Å². The summed E-state index contributed by atoms with van der Waals surface area (Å²) in [7, 11) is 6.32. The largest absolute Gasteiger partial charge is 0.385 e. The van der Waals surface area contributed by atoms with Crippen molar-refractivity contribution in [2.75, 3.05) is 34.4 Å². The molecular formula is C16H34N2O. The summed E-state index contributed by atoms with van der Waals surface area (Å²) in [5, 5.41) is 3.75. The van der Waals surface area contributed by atoms with Gasteiger partial charge in [-0.1, -0.05) is 13.8 Å². The minimum atomic E-state index is 0.344. The molecule has 1 aliphatic carbocycles. The first-order chi connectivity index (χ1) is 9.06. The number of likely N-dealkylation sites (N-methyl/N-ethyl adjacent to an activating group) is 2. The van der Waals surface area contributed by atoms with Crippen molar-refractivity contribution in [2.45, 2.75) is 64.0 Å². The van der Waals surface area contributed by atoms with E-state index in [1.807, 2.05) is 0 Å². The highest BCUT2D eigenvalue weighted by Gasteiger charge is 2.42. The fourth-order valence-corrected chi connectivity index (χ4v) is 3.61. The molecule has 0 aromatic heterocycles. The molecule has 0 aromatic rings. The molecule has 1 saturated carbocycles. The van der Waals surface area contributed by atoms with E-state index >= 15 is 0 Å². The number of ether oxygens (including phenoxy) is 1. The van der Waals surface area contributed by atoms with Crippen molar-refractivity contribution in [1.29, 1.82) is 0 Å². The van der Waals surface area contributed by atoms with Gasteiger partial charge >= 0.3 is 0 Å². The third kappa shape index (κ3) is 4.44. The van der Waals surface area contributed by atoms with Crippen LogP contribution in [0.3, 0.4) is 0 Å². The first-order valence-electron chi connectivity index (χ1n) is 7.96. The summed E-state index contributed by atoms with van der Waals surface area (Å²) >= 11 is 0. The van der Waals surface area contributed by atoms with Crippen LogP contribution in [-0.4, -0.2) is 50.8 Å². The van der Waals surface area contributed by atoms with Crippen molar-refractivity contribution >= 4 is 0 Å². The zero-order valence-corrected chi connectivity index (χ0v) is 13.7. The number of nitrogens with zero attached hydrogens (tertiary/aromatic N) is 1. The molecule has 114 valence electrons. The SMILES string of the molecule is CCNC(CCCOC)C1(N(C)C)CCC(C)CC1. The molecule has 0 aromatic carbocycles. The quantitative estimate of drug-likeness (QED) is 0.686. The molecule has 0 saturated heterocycles. The van der Waals surface area contributed by atoms with E-state index in [0.717, 1.165) is 25.5 Å². The van der Waals surface area contributed by atoms with E-state index in [9.17, 15) is 0 Å².